The van der Waals surface area contributed by atoms with Crippen LogP contribution < -0.4 is 0 Å². The maximum Gasteiger partial charge on any atom is 0.372 e. The summed E-state index contributed by atoms with van der Waals surface area (Å²) in [6.07, 6.45) is -2.31. The summed E-state index contributed by atoms with van der Waals surface area (Å²) >= 11 is 5.02. The van der Waals surface area contributed by atoms with Gasteiger partial charge in [-0.1, -0.05) is 0 Å². The molecule has 0 atom stereocenters. The molecule has 0 N–H and O–H groups in total. The van der Waals surface area contributed by atoms with E-state index in [1.165, 1.54) is 0 Å². The number of carbonyl (C=O) groups excluding carboxylic acids is 1. The Hall–Kier alpha value is -1.63. The van der Waals surface area contributed by atoms with Crippen LogP contribution in [0.4, 0.5) is 14.6 Å². The molecule has 0 saturated heterocycles. The van der Waals surface area contributed by atoms with Crippen LogP contribution in [0.15, 0.2) is 12.3 Å². The van der Waals surface area contributed by atoms with Gasteiger partial charge in [-0.25, -0.2) is 8.78 Å². The minimum absolute atomic E-state index is 0.308. The zero-order chi connectivity index (χ0) is 11.6. The van der Waals surface area contributed by atoms with Crippen molar-refractivity contribution in [3.63, 3.8) is 0 Å². The van der Waals surface area contributed by atoms with Crippen molar-refractivity contribution >= 4 is 22.7 Å². The normalized spacial score (nSPS) is 10.4. The summed E-state index contributed by atoms with van der Waals surface area (Å²) in [5.74, 6) is -0.980. The number of carbonyl (C=O) groups is 1. The van der Waals surface area contributed by atoms with Crippen LogP contribution in [0.2, 0.25) is 0 Å². The smallest absolute Gasteiger partial charge is 0.358 e. The van der Waals surface area contributed by atoms with E-state index in [-0.39, 0.29) is 5.56 Å². The average Bonchev–Trinajstić information content (AvgIpc) is 2.16. The zero-order valence-electron chi connectivity index (χ0n) is 6.99. The number of aromatic nitrogens is 1. The van der Waals surface area contributed by atoms with E-state index in [0.29, 0.717) is 6.07 Å². The van der Waals surface area contributed by atoms with Crippen molar-refractivity contribution in [2.24, 2.45) is 0 Å². The van der Waals surface area contributed by atoms with E-state index in [4.69, 9.17) is 11.6 Å². The summed E-state index contributed by atoms with van der Waals surface area (Å²) in [5, 5.41) is 9.30. The van der Waals surface area contributed by atoms with E-state index in [1.807, 2.05) is 0 Å². The highest BCUT2D eigenvalue weighted by Gasteiger charge is 2.24. The molecule has 1 heterocycles. The minimum Gasteiger partial charge on any atom is -0.358 e. The summed E-state index contributed by atoms with van der Waals surface area (Å²) in [4.78, 5) is 23.0. The van der Waals surface area contributed by atoms with Gasteiger partial charge in [-0.2, -0.15) is 0 Å². The molecule has 15 heavy (non-hydrogen) atoms. The predicted octanol–water partition coefficient (Wildman–Crippen LogP) is 2.31. The average molecular weight is 237 g/mol. The van der Waals surface area contributed by atoms with Crippen molar-refractivity contribution in [2.45, 2.75) is 6.43 Å². The van der Waals surface area contributed by atoms with Gasteiger partial charge in [0.05, 0.1) is 5.56 Å². The fraction of sp³-hybridized carbons (Fsp3) is 0.143. The summed E-state index contributed by atoms with van der Waals surface area (Å²) in [5.41, 5.74) is -1.23. The number of rotatable bonds is 3. The number of alkyl halides is 2. The number of nitro groups is 1. The molecule has 0 aliphatic heterocycles. The Morgan fingerprint density at radius 2 is 2.20 bits per heavy atom. The van der Waals surface area contributed by atoms with Gasteiger partial charge in [-0.3, -0.25) is 4.79 Å². The van der Waals surface area contributed by atoms with Crippen LogP contribution in [0.5, 0.6) is 0 Å². The Balaban J connectivity index is 3.33. The maximum absolute atomic E-state index is 12.3. The van der Waals surface area contributed by atoms with E-state index in [2.05, 4.69) is 4.98 Å². The van der Waals surface area contributed by atoms with Crippen molar-refractivity contribution < 1.29 is 18.5 Å². The molecule has 0 radical (unpaired) electrons. The molecule has 0 saturated carbocycles. The van der Waals surface area contributed by atoms with Crippen LogP contribution in [-0.4, -0.2) is 15.1 Å². The zero-order valence-corrected chi connectivity index (χ0v) is 7.74. The van der Waals surface area contributed by atoms with Crippen molar-refractivity contribution in [3.05, 3.63) is 33.5 Å². The third-order valence-corrected chi connectivity index (χ3v) is 1.75. The Kier molecular flexibility index (Phi) is 3.25. The minimum atomic E-state index is -3.09. The third kappa shape index (κ3) is 2.44. The van der Waals surface area contributed by atoms with E-state index >= 15 is 0 Å². The van der Waals surface area contributed by atoms with Gasteiger partial charge in [0, 0.05) is 0 Å². The molecule has 1 aromatic rings. The molecule has 1 aromatic heterocycles. The number of pyridine rings is 1. The van der Waals surface area contributed by atoms with Gasteiger partial charge in [0.2, 0.25) is 0 Å². The molecule has 0 amide bonds. The monoisotopic (exact) mass is 236 g/mol. The molecule has 0 fully saturated rings. The van der Waals surface area contributed by atoms with Gasteiger partial charge in [0.25, 0.3) is 11.7 Å². The molecule has 0 aliphatic rings. The van der Waals surface area contributed by atoms with Crippen molar-refractivity contribution in [2.75, 3.05) is 0 Å². The van der Waals surface area contributed by atoms with Crippen LogP contribution in [0.3, 0.4) is 0 Å². The second-order valence-corrected chi connectivity index (χ2v) is 2.81. The third-order valence-electron chi connectivity index (χ3n) is 1.53. The van der Waals surface area contributed by atoms with Crippen molar-refractivity contribution in [3.8, 4) is 0 Å². The van der Waals surface area contributed by atoms with Crippen LogP contribution in [0.25, 0.3) is 0 Å². The molecule has 0 spiro atoms. The lowest BCUT2D eigenvalue weighted by Crippen LogP contribution is -2.02. The van der Waals surface area contributed by atoms with Crippen molar-refractivity contribution in [1.29, 1.82) is 0 Å². The van der Waals surface area contributed by atoms with Crippen LogP contribution in [0.1, 0.15) is 22.3 Å². The highest BCUT2D eigenvalue weighted by Crippen LogP contribution is 2.27. The maximum atomic E-state index is 12.3. The Bertz CT molecular complexity index is 425. The highest BCUT2D eigenvalue weighted by atomic mass is 35.5. The number of hydrogen-bond donors (Lipinski definition) is 0. The van der Waals surface area contributed by atoms with E-state index < -0.39 is 28.0 Å². The van der Waals surface area contributed by atoms with E-state index in [9.17, 15) is 23.7 Å². The fourth-order valence-electron chi connectivity index (χ4n) is 0.895. The first-order valence-corrected chi connectivity index (χ1v) is 3.93. The van der Waals surface area contributed by atoms with E-state index in [1.54, 1.807) is 0 Å². The van der Waals surface area contributed by atoms with Gasteiger partial charge >= 0.3 is 5.82 Å². The molecular weight excluding hydrogens is 234 g/mol. The largest absolute Gasteiger partial charge is 0.372 e. The van der Waals surface area contributed by atoms with Crippen LogP contribution in [0, 0.1) is 10.1 Å². The topological polar surface area (TPSA) is 73.1 Å². The summed E-state index contributed by atoms with van der Waals surface area (Å²) in [7, 11) is 0. The number of halogens is 3. The molecule has 0 aromatic carbocycles. The number of hydrogen-bond acceptors (Lipinski definition) is 4. The first kappa shape index (κ1) is 11.4. The lowest BCUT2D eigenvalue weighted by molar-refractivity contribution is -0.391. The molecule has 5 nitrogen and oxygen atoms in total. The summed E-state index contributed by atoms with van der Waals surface area (Å²) in [6.45, 7) is 0. The van der Waals surface area contributed by atoms with Gasteiger partial charge in [-0.15, -0.1) is 0 Å². The predicted molar refractivity (Wildman–Crippen MR) is 46.0 cm³/mol. The molecule has 80 valence electrons. The molecule has 0 bridgehead atoms. The first-order valence-electron chi connectivity index (χ1n) is 3.55. The van der Waals surface area contributed by atoms with Gasteiger partial charge < -0.3 is 10.1 Å². The summed E-state index contributed by atoms with van der Waals surface area (Å²) < 4.78 is 24.7. The van der Waals surface area contributed by atoms with E-state index in [0.717, 1.165) is 6.20 Å². The van der Waals surface area contributed by atoms with Crippen LogP contribution in [-0.2, 0) is 0 Å². The SMILES string of the molecule is O=C(Cl)c1cnc([N+](=O)[O-])c(C(F)F)c1. The Morgan fingerprint density at radius 1 is 1.60 bits per heavy atom. The first-order chi connectivity index (χ1) is 6.93. The lowest BCUT2D eigenvalue weighted by Gasteiger charge is -2.01. The van der Waals surface area contributed by atoms with Gasteiger partial charge in [0.1, 0.15) is 5.56 Å². The van der Waals surface area contributed by atoms with Gasteiger partial charge in [0.15, 0.2) is 6.20 Å². The fourth-order valence-corrected chi connectivity index (χ4v) is 0.999. The highest BCUT2D eigenvalue weighted by molar-refractivity contribution is 6.67. The number of nitrogens with zero attached hydrogens (tertiary/aromatic N) is 2. The quantitative estimate of drug-likeness (QED) is 0.459. The standard InChI is InChI=1S/C7H3ClF2N2O3/c8-5(13)3-1-4(6(9)10)7(11-2-3)12(14)15/h1-2,6H. The lowest BCUT2D eigenvalue weighted by atomic mass is 10.2. The van der Waals surface area contributed by atoms with Gasteiger partial charge in [-0.05, 0) is 27.6 Å². The molecule has 1 rings (SSSR count). The Morgan fingerprint density at radius 3 is 2.60 bits per heavy atom. The second-order valence-electron chi connectivity index (χ2n) is 2.47. The van der Waals surface area contributed by atoms with Crippen molar-refractivity contribution in [1.82, 2.24) is 4.98 Å². The summed E-state index contributed by atoms with van der Waals surface area (Å²) in [6, 6.07) is 0.658. The van der Waals surface area contributed by atoms with Crippen LogP contribution >= 0.6 is 11.6 Å². The second kappa shape index (κ2) is 4.26. The molecule has 0 unspecified atom stereocenters. The Labute approximate surface area is 86.8 Å². The molecule has 0 aliphatic carbocycles. The molecule has 8 heteroatoms. The molecular formula is C7H3ClF2N2O3.